The number of carboxylic acids is 1. The Labute approximate surface area is 111 Å². The summed E-state index contributed by atoms with van der Waals surface area (Å²) in [5, 5.41) is 9.97. The van der Waals surface area contributed by atoms with Gasteiger partial charge in [0.05, 0.1) is 5.92 Å². The van der Waals surface area contributed by atoms with Crippen LogP contribution in [0, 0.1) is 11.8 Å². The van der Waals surface area contributed by atoms with Crippen molar-refractivity contribution < 1.29 is 9.90 Å². The Bertz CT molecular complexity index is 452. The molecular formula is C12H19N3O2S. The topological polar surface area (TPSA) is 66.3 Å². The van der Waals surface area contributed by atoms with Gasteiger partial charge in [0.1, 0.15) is 5.82 Å². The molecule has 2 rings (SSSR count). The van der Waals surface area contributed by atoms with Gasteiger partial charge in [0.2, 0.25) is 5.13 Å². The van der Waals surface area contributed by atoms with Crippen molar-refractivity contribution in [1.82, 2.24) is 9.36 Å². The van der Waals surface area contributed by atoms with Crippen LogP contribution in [0.4, 0.5) is 5.13 Å². The number of carbonyl (C=O) groups is 1. The normalized spacial score (nSPS) is 24.6. The zero-order chi connectivity index (χ0) is 13.5. The van der Waals surface area contributed by atoms with Crippen LogP contribution in [-0.4, -0.2) is 33.5 Å². The number of anilines is 1. The van der Waals surface area contributed by atoms with E-state index in [-0.39, 0.29) is 17.3 Å². The van der Waals surface area contributed by atoms with E-state index in [1.165, 1.54) is 11.5 Å². The van der Waals surface area contributed by atoms with Crippen molar-refractivity contribution in [2.75, 3.05) is 18.0 Å². The molecule has 0 radical (unpaired) electrons. The third-order valence-electron chi connectivity index (χ3n) is 3.29. The van der Waals surface area contributed by atoms with Crippen molar-refractivity contribution in [2.45, 2.75) is 33.1 Å². The van der Waals surface area contributed by atoms with Crippen molar-refractivity contribution in [3.8, 4) is 0 Å². The fraction of sp³-hybridized carbons (Fsp3) is 0.750. The molecule has 1 aromatic rings. The highest BCUT2D eigenvalue weighted by Gasteiger charge is 2.36. The highest BCUT2D eigenvalue weighted by molar-refractivity contribution is 7.09. The van der Waals surface area contributed by atoms with E-state index in [1.807, 2.05) is 11.8 Å². The first-order valence-electron chi connectivity index (χ1n) is 6.11. The average molecular weight is 269 g/mol. The zero-order valence-electron chi connectivity index (χ0n) is 11.2. The van der Waals surface area contributed by atoms with Crippen LogP contribution in [0.15, 0.2) is 0 Å². The molecule has 2 heterocycles. The smallest absolute Gasteiger partial charge is 0.308 e. The number of hydrogen-bond donors (Lipinski definition) is 1. The van der Waals surface area contributed by atoms with Gasteiger partial charge in [-0.3, -0.25) is 4.79 Å². The molecule has 0 aliphatic carbocycles. The number of nitrogens with zero attached hydrogens (tertiary/aromatic N) is 3. The summed E-state index contributed by atoms with van der Waals surface area (Å²) >= 11 is 1.36. The minimum absolute atomic E-state index is 0.0632. The fourth-order valence-electron chi connectivity index (χ4n) is 2.09. The second-order valence-electron chi connectivity index (χ2n) is 5.98. The van der Waals surface area contributed by atoms with E-state index in [1.54, 1.807) is 0 Å². The van der Waals surface area contributed by atoms with Gasteiger partial charge in [0.15, 0.2) is 0 Å². The number of carboxylic acid groups (broad SMARTS) is 1. The van der Waals surface area contributed by atoms with Crippen molar-refractivity contribution in [1.29, 1.82) is 0 Å². The summed E-state index contributed by atoms with van der Waals surface area (Å²) < 4.78 is 4.37. The van der Waals surface area contributed by atoms with Gasteiger partial charge in [-0.05, 0) is 5.92 Å². The van der Waals surface area contributed by atoms with E-state index < -0.39 is 5.97 Å². The predicted molar refractivity (Wildman–Crippen MR) is 71.1 cm³/mol. The molecule has 0 amide bonds. The van der Waals surface area contributed by atoms with Crippen LogP contribution in [0.25, 0.3) is 0 Å². The van der Waals surface area contributed by atoms with Crippen LogP contribution in [0.5, 0.6) is 0 Å². The van der Waals surface area contributed by atoms with Crippen molar-refractivity contribution in [3.63, 3.8) is 0 Å². The maximum Gasteiger partial charge on any atom is 0.308 e. The van der Waals surface area contributed by atoms with Gasteiger partial charge >= 0.3 is 5.97 Å². The standard InChI is InChI=1S/C12H19N3O2S/c1-7-5-15(6-8(7)9(16)17)11-13-10(14-18-11)12(2,3)4/h7-8H,5-6H2,1-4H3,(H,16,17). The highest BCUT2D eigenvalue weighted by atomic mass is 32.1. The molecule has 1 saturated heterocycles. The van der Waals surface area contributed by atoms with Crippen LogP contribution < -0.4 is 4.90 Å². The third-order valence-corrected chi connectivity index (χ3v) is 4.06. The fourth-order valence-corrected chi connectivity index (χ4v) is 2.97. The summed E-state index contributed by atoms with van der Waals surface area (Å²) in [6.07, 6.45) is 0. The molecule has 0 aromatic carbocycles. The lowest BCUT2D eigenvalue weighted by Gasteiger charge is -2.15. The van der Waals surface area contributed by atoms with Crippen molar-refractivity contribution >= 4 is 22.6 Å². The largest absolute Gasteiger partial charge is 0.481 e. The van der Waals surface area contributed by atoms with Gasteiger partial charge in [-0.1, -0.05) is 27.7 Å². The molecule has 0 saturated carbocycles. The minimum Gasteiger partial charge on any atom is -0.481 e. The molecule has 1 aliphatic rings. The van der Waals surface area contributed by atoms with E-state index in [0.717, 1.165) is 17.5 Å². The molecule has 6 heteroatoms. The van der Waals surface area contributed by atoms with E-state index >= 15 is 0 Å². The Morgan fingerprint density at radius 1 is 1.44 bits per heavy atom. The van der Waals surface area contributed by atoms with Crippen LogP contribution in [0.3, 0.4) is 0 Å². The molecule has 18 heavy (non-hydrogen) atoms. The minimum atomic E-state index is -0.717. The maximum atomic E-state index is 11.1. The first-order chi connectivity index (χ1) is 8.29. The molecule has 1 N–H and O–H groups in total. The van der Waals surface area contributed by atoms with Gasteiger partial charge < -0.3 is 10.0 Å². The number of rotatable bonds is 2. The van der Waals surface area contributed by atoms with Gasteiger partial charge in [0.25, 0.3) is 0 Å². The molecule has 2 atom stereocenters. The number of aliphatic carboxylic acids is 1. The molecule has 2 unspecified atom stereocenters. The van der Waals surface area contributed by atoms with Crippen LogP contribution in [-0.2, 0) is 10.2 Å². The van der Waals surface area contributed by atoms with Crippen LogP contribution >= 0.6 is 11.5 Å². The van der Waals surface area contributed by atoms with E-state index in [0.29, 0.717) is 6.54 Å². The third kappa shape index (κ3) is 2.48. The summed E-state index contributed by atoms with van der Waals surface area (Å²) in [4.78, 5) is 17.7. The Balaban J connectivity index is 2.15. The molecule has 1 fully saturated rings. The lowest BCUT2D eigenvalue weighted by atomic mass is 9.96. The lowest BCUT2D eigenvalue weighted by molar-refractivity contribution is -0.142. The quantitative estimate of drug-likeness (QED) is 0.889. The Morgan fingerprint density at radius 2 is 2.11 bits per heavy atom. The molecular weight excluding hydrogens is 250 g/mol. The molecule has 0 bridgehead atoms. The summed E-state index contributed by atoms with van der Waals surface area (Å²) in [6.45, 7) is 9.48. The summed E-state index contributed by atoms with van der Waals surface area (Å²) in [6, 6.07) is 0. The monoisotopic (exact) mass is 269 g/mol. The van der Waals surface area contributed by atoms with Gasteiger partial charge in [-0.25, -0.2) is 4.98 Å². The molecule has 0 spiro atoms. The lowest BCUT2D eigenvalue weighted by Crippen LogP contribution is -2.23. The van der Waals surface area contributed by atoms with Gasteiger partial charge in [0, 0.05) is 30.0 Å². The second kappa shape index (κ2) is 4.50. The van der Waals surface area contributed by atoms with E-state index in [9.17, 15) is 4.79 Å². The van der Waals surface area contributed by atoms with Gasteiger partial charge in [-0.2, -0.15) is 4.37 Å². The molecule has 1 aromatic heterocycles. The average Bonchev–Trinajstić information content (AvgIpc) is 2.81. The molecule has 5 nitrogen and oxygen atoms in total. The van der Waals surface area contributed by atoms with Crippen LogP contribution in [0.2, 0.25) is 0 Å². The number of hydrogen-bond acceptors (Lipinski definition) is 5. The van der Waals surface area contributed by atoms with Crippen molar-refractivity contribution in [3.05, 3.63) is 5.82 Å². The summed E-state index contributed by atoms with van der Waals surface area (Å²) in [7, 11) is 0. The van der Waals surface area contributed by atoms with E-state index in [2.05, 4.69) is 30.1 Å². The number of aromatic nitrogens is 2. The SMILES string of the molecule is CC1CN(c2nc(C(C)(C)C)ns2)CC1C(=O)O. The first kappa shape index (κ1) is 13.3. The Kier molecular flexibility index (Phi) is 3.31. The zero-order valence-corrected chi connectivity index (χ0v) is 12.0. The highest BCUT2D eigenvalue weighted by Crippen LogP contribution is 2.31. The molecule has 100 valence electrons. The Hall–Kier alpha value is -1.17. The first-order valence-corrected chi connectivity index (χ1v) is 6.88. The summed E-state index contributed by atoms with van der Waals surface area (Å²) in [5.41, 5.74) is -0.0632. The Morgan fingerprint density at radius 3 is 2.56 bits per heavy atom. The second-order valence-corrected chi connectivity index (χ2v) is 6.71. The van der Waals surface area contributed by atoms with Crippen LogP contribution in [0.1, 0.15) is 33.5 Å². The molecule has 1 aliphatic heterocycles. The van der Waals surface area contributed by atoms with E-state index in [4.69, 9.17) is 5.11 Å². The predicted octanol–water partition coefficient (Wildman–Crippen LogP) is 1.99. The van der Waals surface area contributed by atoms with Crippen molar-refractivity contribution in [2.24, 2.45) is 11.8 Å². The summed E-state index contributed by atoms with van der Waals surface area (Å²) in [5.74, 6) is -0.0315. The maximum absolute atomic E-state index is 11.1. The van der Waals surface area contributed by atoms with Gasteiger partial charge in [-0.15, -0.1) is 0 Å².